The lowest BCUT2D eigenvalue weighted by Gasteiger charge is -2.20. The number of carbonyl (C=O) groups excluding carboxylic acids is 2. The number of benzene rings is 1. The first kappa shape index (κ1) is 22.4. The number of nitrogens with two attached hydrogens (primary N) is 2. The van der Waals surface area contributed by atoms with Crippen LogP contribution in [0.4, 0.5) is 0 Å². The van der Waals surface area contributed by atoms with E-state index in [0.717, 1.165) is 6.42 Å². The third-order valence-corrected chi connectivity index (χ3v) is 4.05. The smallest absolute Gasteiger partial charge is 0.326 e. The number of carboxylic acid groups (broad SMARTS) is 1. The molecule has 1 rings (SSSR count). The van der Waals surface area contributed by atoms with Gasteiger partial charge in [0, 0.05) is 6.42 Å². The molecule has 0 radical (unpaired) electrons. The summed E-state index contributed by atoms with van der Waals surface area (Å²) in [6, 6.07) is 3.17. The number of rotatable bonds is 11. The zero-order valence-electron chi connectivity index (χ0n) is 15.4. The molecular weight excluding hydrogens is 352 g/mol. The molecule has 1 aromatic rings. The highest BCUT2D eigenvalue weighted by Gasteiger charge is 2.25. The number of aliphatic carboxylic acids is 1. The fourth-order valence-electron chi connectivity index (χ4n) is 2.39. The normalized spacial score (nSPS) is 14.0. The Kier molecular flexibility index (Phi) is 9.24. The van der Waals surface area contributed by atoms with E-state index < -0.39 is 35.9 Å². The lowest BCUT2D eigenvalue weighted by molar-refractivity contribution is -0.142. The molecule has 0 aliphatic carbocycles. The molecule has 0 fully saturated rings. The highest BCUT2D eigenvalue weighted by Crippen LogP contribution is 2.11. The number of nitrogens with one attached hydrogen (secondary N) is 2. The topological polar surface area (TPSA) is 168 Å². The first-order valence-corrected chi connectivity index (χ1v) is 8.81. The number of phenolic OH excluding ortho intramolecular Hbond substituents is 1. The lowest BCUT2D eigenvalue weighted by atomic mass is 10.1. The summed E-state index contributed by atoms with van der Waals surface area (Å²) in [7, 11) is 0. The molecule has 0 spiro atoms. The second-order valence-corrected chi connectivity index (χ2v) is 6.39. The first-order valence-electron chi connectivity index (χ1n) is 8.81. The number of hydrogen-bond acceptors (Lipinski definition) is 6. The van der Waals surface area contributed by atoms with Gasteiger partial charge in [-0.3, -0.25) is 9.59 Å². The summed E-state index contributed by atoms with van der Waals surface area (Å²) in [5.41, 5.74) is 11.8. The summed E-state index contributed by atoms with van der Waals surface area (Å²) in [5.74, 6) is -2.23. The van der Waals surface area contributed by atoms with Gasteiger partial charge in [0.25, 0.3) is 0 Å². The second-order valence-electron chi connectivity index (χ2n) is 6.39. The summed E-state index contributed by atoms with van der Waals surface area (Å²) >= 11 is 0. The third kappa shape index (κ3) is 8.06. The summed E-state index contributed by atoms with van der Waals surface area (Å²) in [5, 5.41) is 23.5. The molecule has 9 heteroatoms. The molecule has 0 aliphatic rings. The number of aromatic hydroxyl groups is 1. The standard InChI is InChI=1S/C18H28N4O5/c1-11(21-17(25)14(20)4-2-3-9-19)16(24)22-15(18(26)27)10-12-5-7-13(23)8-6-12/h5-8,11,14-15,23H,2-4,9-10,19-20H2,1H3,(H,21,25)(H,22,24)(H,26,27). The van der Waals surface area contributed by atoms with Crippen molar-refractivity contribution >= 4 is 17.8 Å². The van der Waals surface area contributed by atoms with Gasteiger partial charge in [-0.05, 0) is 44.0 Å². The monoisotopic (exact) mass is 380 g/mol. The van der Waals surface area contributed by atoms with Crippen molar-refractivity contribution < 1.29 is 24.6 Å². The van der Waals surface area contributed by atoms with Crippen LogP contribution in [0.2, 0.25) is 0 Å². The Morgan fingerprint density at radius 3 is 2.26 bits per heavy atom. The van der Waals surface area contributed by atoms with Crippen molar-refractivity contribution in [1.82, 2.24) is 10.6 Å². The lowest BCUT2D eigenvalue weighted by Crippen LogP contribution is -2.53. The predicted octanol–water partition coefficient (Wildman–Crippen LogP) is -0.535. The fourth-order valence-corrected chi connectivity index (χ4v) is 2.39. The van der Waals surface area contributed by atoms with Crippen LogP contribution < -0.4 is 22.1 Å². The van der Waals surface area contributed by atoms with E-state index in [2.05, 4.69) is 10.6 Å². The van der Waals surface area contributed by atoms with Gasteiger partial charge in [-0.2, -0.15) is 0 Å². The molecule has 0 saturated carbocycles. The van der Waals surface area contributed by atoms with Gasteiger partial charge in [0.1, 0.15) is 17.8 Å². The van der Waals surface area contributed by atoms with Crippen LogP contribution in [0.3, 0.4) is 0 Å². The highest BCUT2D eigenvalue weighted by molar-refractivity contribution is 5.91. The molecular formula is C18H28N4O5. The number of amides is 2. The fraction of sp³-hybridized carbons (Fsp3) is 0.500. The molecule has 8 N–H and O–H groups in total. The van der Waals surface area contributed by atoms with Gasteiger partial charge in [-0.25, -0.2) is 4.79 Å². The van der Waals surface area contributed by atoms with E-state index in [9.17, 15) is 24.6 Å². The molecule has 0 bridgehead atoms. The van der Waals surface area contributed by atoms with Crippen molar-refractivity contribution in [1.29, 1.82) is 0 Å². The third-order valence-electron chi connectivity index (χ3n) is 4.05. The molecule has 3 atom stereocenters. The minimum atomic E-state index is -1.20. The van der Waals surface area contributed by atoms with Gasteiger partial charge in [-0.1, -0.05) is 18.6 Å². The number of phenols is 1. The van der Waals surface area contributed by atoms with Gasteiger partial charge in [0.05, 0.1) is 6.04 Å². The van der Waals surface area contributed by atoms with Crippen LogP contribution in [-0.4, -0.2) is 52.7 Å². The van der Waals surface area contributed by atoms with Crippen molar-refractivity contribution in [3.05, 3.63) is 29.8 Å². The highest BCUT2D eigenvalue weighted by atomic mass is 16.4. The van der Waals surface area contributed by atoms with Crippen molar-refractivity contribution in [2.45, 2.75) is 50.7 Å². The van der Waals surface area contributed by atoms with Crippen LogP contribution in [0.15, 0.2) is 24.3 Å². The molecule has 150 valence electrons. The summed E-state index contributed by atoms with van der Waals surface area (Å²) in [4.78, 5) is 35.7. The summed E-state index contributed by atoms with van der Waals surface area (Å²) in [6.07, 6.45) is 1.96. The maximum atomic E-state index is 12.2. The number of hydrogen-bond donors (Lipinski definition) is 6. The maximum absolute atomic E-state index is 12.2. The van der Waals surface area contributed by atoms with Crippen molar-refractivity contribution in [2.75, 3.05) is 6.54 Å². The molecule has 0 heterocycles. The zero-order chi connectivity index (χ0) is 20.4. The van der Waals surface area contributed by atoms with Crippen LogP contribution in [-0.2, 0) is 20.8 Å². The van der Waals surface area contributed by atoms with Crippen molar-refractivity contribution in [3.63, 3.8) is 0 Å². The SMILES string of the molecule is CC(NC(=O)C(N)CCCCN)C(=O)NC(Cc1ccc(O)cc1)C(=O)O. The second kappa shape index (κ2) is 11.1. The predicted molar refractivity (Wildman–Crippen MR) is 99.9 cm³/mol. The maximum Gasteiger partial charge on any atom is 0.326 e. The van der Waals surface area contributed by atoms with Crippen molar-refractivity contribution in [2.24, 2.45) is 11.5 Å². The Morgan fingerprint density at radius 1 is 1.07 bits per heavy atom. The molecule has 3 unspecified atom stereocenters. The average molecular weight is 380 g/mol. The zero-order valence-corrected chi connectivity index (χ0v) is 15.4. The van der Waals surface area contributed by atoms with Crippen LogP contribution >= 0.6 is 0 Å². The Bertz CT molecular complexity index is 635. The van der Waals surface area contributed by atoms with E-state index in [1.54, 1.807) is 12.1 Å². The van der Waals surface area contributed by atoms with Gasteiger partial charge < -0.3 is 32.3 Å². The van der Waals surface area contributed by atoms with Gasteiger partial charge in [0.15, 0.2) is 0 Å². The summed E-state index contributed by atoms with van der Waals surface area (Å²) < 4.78 is 0. The quantitative estimate of drug-likeness (QED) is 0.280. The van der Waals surface area contributed by atoms with E-state index >= 15 is 0 Å². The first-order chi connectivity index (χ1) is 12.7. The van der Waals surface area contributed by atoms with E-state index in [-0.39, 0.29) is 12.2 Å². The van der Waals surface area contributed by atoms with E-state index in [0.29, 0.717) is 24.9 Å². The minimum absolute atomic E-state index is 0.0423. The molecule has 0 aromatic heterocycles. The van der Waals surface area contributed by atoms with Crippen molar-refractivity contribution in [3.8, 4) is 5.75 Å². The van der Waals surface area contributed by atoms with Gasteiger partial charge in [0.2, 0.25) is 11.8 Å². The molecule has 1 aromatic carbocycles. The van der Waals surface area contributed by atoms with E-state index in [1.807, 2.05) is 0 Å². The molecule has 9 nitrogen and oxygen atoms in total. The Balaban J connectivity index is 2.58. The van der Waals surface area contributed by atoms with Gasteiger partial charge in [-0.15, -0.1) is 0 Å². The van der Waals surface area contributed by atoms with E-state index in [1.165, 1.54) is 19.1 Å². The largest absolute Gasteiger partial charge is 0.508 e. The Labute approximate surface area is 158 Å². The molecule has 27 heavy (non-hydrogen) atoms. The van der Waals surface area contributed by atoms with Crippen LogP contribution in [0.1, 0.15) is 31.7 Å². The van der Waals surface area contributed by atoms with Crippen LogP contribution in [0.5, 0.6) is 5.75 Å². The average Bonchev–Trinajstić information content (AvgIpc) is 2.62. The van der Waals surface area contributed by atoms with Crippen LogP contribution in [0.25, 0.3) is 0 Å². The van der Waals surface area contributed by atoms with Gasteiger partial charge >= 0.3 is 5.97 Å². The molecule has 0 saturated heterocycles. The Morgan fingerprint density at radius 2 is 1.70 bits per heavy atom. The Hall–Kier alpha value is -2.65. The molecule has 2 amide bonds. The summed E-state index contributed by atoms with van der Waals surface area (Å²) in [6.45, 7) is 1.98. The van der Waals surface area contributed by atoms with E-state index in [4.69, 9.17) is 11.5 Å². The van der Waals surface area contributed by atoms with Crippen LogP contribution in [0, 0.1) is 0 Å². The number of carboxylic acids is 1. The number of unbranched alkanes of at least 4 members (excludes halogenated alkanes) is 1. The minimum Gasteiger partial charge on any atom is -0.508 e. The number of carbonyl (C=O) groups is 3. The molecule has 0 aliphatic heterocycles.